The van der Waals surface area contributed by atoms with E-state index in [1.54, 1.807) is 7.11 Å². The standard InChI is InChI=1S/C15H30N2O3/c1-4-9-16-14(15(18)20-5-2)8-11-17-10-6-7-13(12-17)19-3/h13-14,16H,4-12H2,1-3H3. The van der Waals surface area contributed by atoms with E-state index in [0.29, 0.717) is 12.7 Å². The summed E-state index contributed by atoms with van der Waals surface area (Å²) < 4.78 is 10.6. The Bertz CT molecular complexity index is 274. The number of likely N-dealkylation sites (tertiary alicyclic amines) is 1. The van der Waals surface area contributed by atoms with E-state index in [9.17, 15) is 4.79 Å². The summed E-state index contributed by atoms with van der Waals surface area (Å²) in [6, 6.07) is -0.183. The quantitative estimate of drug-likeness (QED) is 0.650. The average Bonchev–Trinajstić information content (AvgIpc) is 2.47. The third-order valence-electron chi connectivity index (χ3n) is 3.74. The van der Waals surface area contributed by atoms with E-state index in [1.165, 1.54) is 6.42 Å². The van der Waals surface area contributed by atoms with Crippen molar-refractivity contribution in [1.82, 2.24) is 10.2 Å². The number of ether oxygens (including phenoxy) is 2. The summed E-state index contributed by atoms with van der Waals surface area (Å²) in [6.07, 6.45) is 4.47. The van der Waals surface area contributed by atoms with Crippen molar-refractivity contribution in [3.63, 3.8) is 0 Å². The molecule has 1 rings (SSSR count). The van der Waals surface area contributed by atoms with E-state index in [0.717, 1.165) is 45.4 Å². The van der Waals surface area contributed by atoms with Gasteiger partial charge in [-0.1, -0.05) is 6.92 Å². The lowest BCUT2D eigenvalue weighted by molar-refractivity contribution is -0.146. The largest absolute Gasteiger partial charge is 0.465 e. The molecule has 1 N–H and O–H groups in total. The molecule has 0 aromatic rings. The molecule has 0 aromatic heterocycles. The molecule has 5 nitrogen and oxygen atoms in total. The molecule has 0 spiro atoms. The molecule has 2 atom stereocenters. The van der Waals surface area contributed by atoms with Gasteiger partial charge in [0.25, 0.3) is 0 Å². The van der Waals surface area contributed by atoms with Crippen LogP contribution in [0.25, 0.3) is 0 Å². The molecular weight excluding hydrogens is 256 g/mol. The molecule has 20 heavy (non-hydrogen) atoms. The summed E-state index contributed by atoms with van der Waals surface area (Å²) in [4.78, 5) is 14.3. The fourth-order valence-electron chi connectivity index (χ4n) is 2.58. The minimum Gasteiger partial charge on any atom is -0.465 e. The Morgan fingerprint density at radius 2 is 2.25 bits per heavy atom. The second-order valence-electron chi connectivity index (χ2n) is 5.35. The Morgan fingerprint density at radius 1 is 1.45 bits per heavy atom. The molecule has 0 aromatic carbocycles. The van der Waals surface area contributed by atoms with Gasteiger partial charge in [0.1, 0.15) is 6.04 Å². The highest BCUT2D eigenvalue weighted by molar-refractivity contribution is 5.75. The molecule has 1 aliphatic rings. The molecule has 0 aliphatic carbocycles. The van der Waals surface area contributed by atoms with Crippen molar-refractivity contribution in [2.24, 2.45) is 0 Å². The maximum atomic E-state index is 11.9. The van der Waals surface area contributed by atoms with Crippen molar-refractivity contribution >= 4 is 5.97 Å². The number of esters is 1. The average molecular weight is 286 g/mol. The fourth-order valence-corrected chi connectivity index (χ4v) is 2.58. The first kappa shape index (κ1) is 17.4. The molecule has 0 radical (unpaired) electrons. The van der Waals surface area contributed by atoms with Gasteiger partial charge in [0.2, 0.25) is 0 Å². The lowest BCUT2D eigenvalue weighted by Gasteiger charge is -2.32. The lowest BCUT2D eigenvalue weighted by atomic mass is 10.1. The van der Waals surface area contributed by atoms with Crippen molar-refractivity contribution in [3.8, 4) is 0 Å². The molecular formula is C15H30N2O3. The number of carbonyl (C=O) groups is 1. The van der Waals surface area contributed by atoms with Crippen LogP contribution in [0, 0.1) is 0 Å². The highest BCUT2D eigenvalue weighted by Crippen LogP contribution is 2.13. The summed E-state index contributed by atoms with van der Waals surface area (Å²) in [7, 11) is 1.78. The Balaban J connectivity index is 2.38. The normalized spacial score (nSPS) is 21.6. The lowest BCUT2D eigenvalue weighted by Crippen LogP contribution is -2.44. The molecule has 118 valence electrons. The highest BCUT2D eigenvalue weighted by Gasteiger charge is 2.23. The van der Waals surface area contributed by atoms with Crippen molar-refractivity contribution in [2.45, 2.75) is 51.7 Å². The van der Waals surface area contributed by atoms with Crippen LogP contribution < -0.4 is 5.32 Å². The Hall–Kier alpha value is -0.650. The number of nitrogens with one attached hydrogen (secondary N) is 1. The molecule has 1 fully saturated rings. The zero-order valence-corrected chi connectivity index (χ0v) is 13.2. The predicted octanol–water partition coefficient (Wildman–Crippen LogP) is 1.42. The zero-order chi connectivity index (χ0) is 14.8. The molecule has 0 saturated carbocycles. The van der Waals surface area contributed by atoms with Crippen LogP contribution in [0.5, 0.6) is 0 Å². The van der Waals surface area contributed by atoms with Crippen molar-refractivity contribution in [3.05, 3.63) is 0 Å². The third kappa shape index (κ3) is 6.20. The molecule has 2 unspecified atom stereocenters. The van der Waals surface area contributed by atoms with Crippen molar-refractivity contribution in [2.75, 3.05) is 39.9 Å². The Kier molecular flexibility index (Phi) is 8.82. The van der Waals surface area contributed by atoms with E-state index in [-0.39, 0.29) is 12.0 Å². The van der Waals surface area contributed by atoms with Crippen LogP contribution in [0.2, 0.25) is 0 Å². The zero-order valence-electron chi connectivity index (χ0n) is 13.2. The second-order valence-corrected chi connectivity index (χ2v) is 5.35. The predicted molar refractivity (Wildman–Crippen MR) is 79.8 cm³/mol. The molecule has 1 saturated heterocycles. The molecule has 1 aliphatic heterocycles. The second kappa shape index (κ2) is 10.1. The van der Waals surface area contributed by atoms with Crippen molar-refractivity contribution < 1.29 is 14.3 Å². The van der Waals surface area contributed by atoms with E-state index in [2.05, 4.69) is 17.1 Å². The summed E-state index contributed by atoms with van der Waals surface area (Å²) >= 11 is 0. The van der Waals surface area contributed by atoms with E-state index < -0.39 is 0 Å². The Morgan fingerprint density at radius 3 is 2.90 bits per heavy atom. The monoisotopic (exact) mass is 286 g/mol. The minimum atomic E-state index is -0.183. The van der Waals surface area contributed by atoms with Gasteiger partial charge in [-0.15, -0.1) is 0 Å². The number of piperidine rings is 1. The number of rotatable bonds is 9. The maximum absolute atomic E-state index is 11.9. The summed E-state index contributed by atoms with van der Waals surface area (Å²) in [6.45, 7) is 8.23. The van der Waals surface area contributed by atoms with E-state index in [4.69, 9.17) is 9.47 Å². The number of hydrogen-bond acceptors (Lipinski definition) is 5. The highest BCUT2D eigenvalue weighted by atomic mass is 16.5. The Labute approximate surface area is 123 Å². The van der Waals surface area contributed by atoms with Gasteiger partial charge in [-0.25, -0.2) is 0 Å². The van der Waals surface area contributed by atoms with Gasteiger partial charge in [0.15, 0.2) is 0 Å². The first-order valence-electron chi connectivity index (χ1n) is 7.86. The van der Waals surface area contributed by atoms with Crippen LogP contribution in [-0.4, -0.2) is 62.9 Å². The van der Waals surface area contributed by atoms with Gasteiger partial charge in [-0.05, 0) is 45.7 Å². The molecule has 5 heteroatoms. The smallest absolute Gasteiger partial charge is 0.323 e. The molecule has 1 heterocycles. The molecule has 0 bridgehead atoms. The van der Waals surface area contributed by atoms with Crippen LogP contribution >= 0.6 is 0 Å². The van der Waals surface area contributed by atoms with Crippen LogP contribution in [0.1, 0.15) is 39.5 Å². The van der Waals surface area contributed by atoms with Crippen LogP contribution in [0.3, 0.4) is 0 Å². The van der Waals surface area contributed by atoms with Gasteiger partial charge in [-0.2, -0.15) is 0 Å². The minimum absolute atomic E-state index is 0.124. The topological polar surface area (TPSA) is 50.8 Å². The molecule has 0 amide bonds. The van der Waals surface area contributed by atoms with Crippen molar-refractivity contribution in [1.29, 1.82) is 0 Å². The number of hydrogen-bond donors (Lipinski definition) is 1. The number of methoxy groups -OCH3 is 1. The van der Waals surface area contributed by atoms with Crippen LogP contribution in [-0.2, 0) is 14.3 Å². The van der Waals surface area contributed by atoms with Gasteiger partial charge in [0, 0.05) is 20.2 Å². The first-order valence-corrected chi connectivity index (χ1v) is 7.86. The summed E-state index contributed by atoms with van der Waals surface area (Å²) in [5.41, 5.74) is 0. The summed E-state index contributed by atoms with van der Waals surface area (Å²) in [5, 5.41) is 3.29. The third-order valence-corrected chi connectivity index (χ3v) is 3.74. The van der Waals surface area contributed by atoms with Gasteiger partial charge >= 0.3 is 5.97 Å². The van der Waals surface area contributed by atoms with E-state index in [1.807, 2.05) is 6.92 Å². The van der Waals surface area contributed by atoms with E-state index >= 15 is 0 Å². The number of carbonyl (C=O) groups excluding carboxylic acids is 1. The first-order chi connectivity index (χ1) is 9.71. The summed E-state index contributed by atoms with van der Waals surface area (Å²) in [5.74, 6) is -0.124. The van der Waals surface area contributed by atoms with Gasteiger partial charge in [0.05, 0.1) is 12.7 Å². The number of nitrogens with zero attached hydrogens (tertiary/aromatic N) is 1. The SMILES string of the molecule is CCCNC(CCN1CCCC(OC)C1)C(=O)OCC. The van der Waals surface area contributed by atoms with Crippen LogP contribution in [0.4, 0.5) is 0 Å². The van der Waals surface area contributed by atoms with Gasteiger partial charge in [-0.3, -0.25) is 4.79 Å². The van der Waals surface area contributed by atoms with Crippen LogP contribution in [0.15, 0.2) is 0 Å². The fraction of sp³-hybridized carbons (Fsp3) is 0.933. The maximum Gasteiger partial charge on any atom is 0.323 e. The van der Waals surface area contributed by atoms with Gasteiger partial charge < -0.3 is 19.7 Å².